The monoisotopic (exact) mass is 272 g/mol. The van der Waals surface area contributed by atoms with Crippen molar-refractivity contribution >= 4 is 17.7 Å². The molecule has 2 N–H and O–H groups in total. The van der Waals surface area contributed by atoms with Gasteiger partial charge in [-0.15, -0.1) is 0 Å². The van der Waals surface area contributed by atoms with Crippen LogP contribution in [-0.2, 0) is 4.79 Å². The molecular formula is C14H28N2OS. The second-order valence-corrected chi connectivity index (χ2v) is 6.38. The van der Waals surface area contributed by atoms with Crippen LogP contribution in [-0.4, -0.2) is 36.0 Å². The molecule has 0 aliphatic heterocycles. The quantitative estimate of drug-likeness (QED) is 0.748. The largest absolute Gasteiger partial charge is 0.353 e. The van der Waals surface area contributed by atoms with Gasteiger partial charge in [-0.1, -0.05) is 26.2 Å². The molecule has 1 aliphatic rings. The van der Waals surface area contributed by atoms with Gasteiger partial charge < -0.3 is 10.6 Å². The fourth-order valence-corrected chi connectivity index (χ4v) is 3.63. The Morgan fingerprint density at radius 3 is 2.78 bits per heavy atom. The topological polar surface area (TPSA) is 41.1 Å². The summed E-state index contributed by atoms with van der Waals surface area (Å²) in [5.74, 6) is 0.140. The van der Waals surface area contributed by atoms with Crippen LogP contribution in [0.3, 0.4) is 0 Å². The summed E-state index contributed by atoms with van der Waals surface area (Å²) < 4.78 is 0. The van der Waals surface area contributed by atoms with Crippen molar-refractivity contribution in [3.8, 4) is 0 Å². The molecule has 0 spiro atoms. The Balaban J connectivity index is 2.24. The fourth-order valence-electron chi connectivity index (χ4n) is 2.67. The molecule has 0 heterocycles. The minimum Gasteiger partial charge on any atom is -0.353 e. The fraction of sp³-hybridized carbons (Fsp3) is 0.929. The zero-order valence-corrected chi connectivity index (χ0v) is 12.8. The highest BCUT2D eigenvalue weighted by Gasteiger charge is 2.24. The number of carbonyl (C=O) groups excluding carboxylic acids is 1. The van der Waals surface area contributed by atoms with Gasteiger partial charge in [0.1, 0.15) is 0 Å². The maximum Gasteiger partial charge on any atom is 0.234 e. The lowest BCUT2D eigenvalue weighted by Gasteiger charge is -2.31. The Morgan fingerprint density at radius 1 is 1.39 bits per heavy atom. The van der Waals surface area contributed by atoms with Gasteiger partial charge in [0, 0.05) is 17.3 Å². The van der Waals surface area contributed by atoms with Gasteiger partial charge in [-0.2, -0.15) is 11.8 Å². The number of hydrogen-bond donors (Lipinski definition) is 2. The number of amides is 1. The van der Waals surface area contributed by atoms with E-state index < -0.39 is 0 Å². The summed E-state index contributed by atoms with van der Waals surface area (Å²) in [6.45, 7) is 4.69. The van der Waals surface area contributed by atoms with Crippen molar-refractivity contribution in [2.45, 2.75) is 69.7 Å². The van der Waals surface area contributed by atoms with E-state index in [4.69, 9.17) is 0 Å². The summed E-state index contributed by atoms with van der Waals surface area (Å²) in [5, 5.41) is 7.16. The van der Waals surface area contributed by atoms with E-state index in [-0.39, 0.29) is 5.91 Å². The SMILES string of the molecule is CCCC(C)NC(=O)CNC1CCCCC1SC. The van der Waals surface area contributed by atoms with Crippen LogP contribution in [0.4, 0.5) is 0 Å². The average Bonchev–Trinajstić information content (AvgIpc) is 2.37. The van der Waals surface area contributed by atoms with Crippen LogP contribution in [0.1, 0.15) is 52.4 Å². The first-order chi connectivity index (χ1) is 8.67. The van der Waals surface area contributed by atoms with E-state index in [1.54, 1.807) is 0 Å². The van der Waals surface area contributed by atoms with Crippen molar-refractivity contribution in [1.82, 2.24) is 10.6 Å². The first-order valence-electron chi connectivity index (χ1n) is 7.23. The van der Waals surface area contributed by atoms with E-state index in [1.807, 2.05) is 11.8 Å². The normalized spacial score (nSPS) is 25.7. The highest BCUT2D eigenvalue weighted by atomic mass is 32.2. The Kier molecular flexibility index (Phi) is 7.75. The van der Waals surface area contributed by atoms with E-state index in [0.717, 1.165) is 12.8 Å². The van der Waals surface area contributed by atoms with E-state index in [9.17, 15) is 4.79 Å². The zero-order chi connectivity index (χ0) is 13.4. The maximum atomic E-state index is 11.8. The van der Waals surface area contributed by atoms with Crippen LogP contribution < -0.4 is 10.6 Å². The average molecular weight is 272 g/mol. The Bertz CT molecular complexity index is 248. The van der Waals surface area contributed by atoms with Crippen LogP contribution in [0.5, 0.6) is 0 Å². The standard InChI is InChI=1S/C14H28N2OS/c1-4-7-11(2)16-14(17)10-15-12-8-5-6-9-13(12)18-3/h11-13,15H,4-10H2,1-3H3,(H,16,17). The number of carbonyl (C=O) groups is 1. The molecule has 0 radical (unpaired) electrons. The first kappa shape index (κ1) is 15.8. The van der Waals surface area contributed by atoms with Gasteiger partial charge in [0.25, 0.3) is 0 Å². The molecule has 0 saturated heterocycles. The van der Waals surface area contributed by atoms with Crippen molar-refractivity contribution in [2.24, 2.45) is 0 Å². The summed E-state index contributed by atoms with van der Waals surface area (Å²) in [4.78, 5) is 11.8. The molecule has 0 aromatic heterocycles. The van der Waals surface area contributed by atoms with Gasteiger partial charge in [0.15, 0.2) is 0 Å². The second kappa shape index (κ2) is 8.81. The molecule has 1 saturated carbocycles. The summed E-state index contributed by atoms with van der Waals surface area (Å²) in [5.41, 5.74) is 0. The minimum absolute atomic E-state index is 0.140. The first-order valence-corrected chi connectivity index (χ1v) is 8.51. The van der Waals surface area contributed by atoms with Crippen LogP contribution in [0, 0.1) is 0 Å². The van der Waals surface area contributed by atoms with E-state index in [2.05, 4.69) is 30.7 Å². The molecule has 4 heteroatoms. The van der Waals surface area contributed by atoms with E-state index >= 15 is 0 Å². The van der Waals surface area contributed by atoms with Gasteiger partial charge >= 0.3 is 0 Å². The Morgan fingerprint density at radius 2 is 2.11 bits per heavy atom. The summed E-state index contributed by atoms with van der Waals surface area (Å²) in [7, 11) is 0. The Hall–Kier alpha value is -0.220. The van der Waals surface area contributed by atoms with Crippen molar-refractivity contribution < 1.29 is 4.79 Å². The molecule has 0 bridgehead atoms. The third kappa shape index (κ3) is 5.61. The molecule has 3 nitrogen and oxygen atoms in total. The summed E-state index contributed by atoms with van der Waals surface area (Å²) >= 11 is 1.93. The lowest BCUT2D eigenvalue weighted by molar-refractivity contribution is -0.121. The van der Waals surface area contributed by atoms with Crippen LogP contribution in [0.2, 0.25) is 0 Å². The number of nitrogens with one attached hydrogen (secondary N) is 2. The highest BCUT2D eigenvalue weighted by Crippen LogP contribution is 2.26. The van der Waals surface area contributed by atoms with Crippen LogP contribution >= 0.6 is 11.8 Å². The number of rotatable bonds is 7. The lowest BCUT2D eigenvalue weighted by Crippen LogP contribution is -2.46. The molecule has 1 aliphatic carbocycles. The minimum atomic E-state index is 0.140. The highest BCUT2D eigenvalue weighted by molar-refractivity contribution is 7.99. The molecule has 1 rings (SSSR count). The maximum absolute atomic E-state index is 11.8. The molecule has 3 unspecified atom stereocenters. The lowest BCUT2D eigenvalue weighted by atomic mass is 9.95. The smallest absolute Gasteiger partial charge is 0.234 e. The van der Waals surface area contributed by atoms with Gasteiger partial charge in [-0.3, -0.25) is 4.79 Å². The van der Waals surface area contributed by atoms with Gasteiger partial charge in [0.2, 0.25) is 5.91 Å². The molecule has 3 atom stereocenters. The predicted octanol–water partition coefficient (Wildman–Crippen LogP) is 2.56. The zero-order valence-electron chi connectivity index (χ0n) is 12.0. The number of hydrogen-bond acceptors (Lipinski definition) is 3. The molecule has 106 valence electrons. The van der Waals surface area contributed by atoms with Crippen LogP contribution in [0.15, 0.2) is 0 Å². The number of thioether (sulfide) groups is 1. The van der Waals surface area contributed by atoms with Gasteiger partial charge in [-0.25, -0.2) is 0 Å². The van der Waals surface area contributed by atoms with E-state index in [0.29, 0.717) is 23.9 Å². The molecule has 0 aromatic rings. The van der Waals surface area contributed by atoms with Gasteiger partial charge in [-0.05, 0) is 32.4 Å². The van der Waals surface area contributed by atoms with Crippen LogP contribution in [0.25, 0.3) is 0 Å². The van der Waals surface area contributed by atoms with Gasteiger partial charge in [0.05, 0.1) is 6.54 Å². The summed E-state index contributed by atoms with van der Waals surface area (Å²) in [6.07, 6.45) is 9.48. The van der Waals surface area contributed by atoms with Crippen molar-refractivity contribution in [1.29, 1.82) is 0 Å². The van der Waals surface area contributed by atoms with Crippen molar-refractivity contribution in [3.63, 3.8) is 0 Å². The second-order valence-electron chi connectivity index (χ2n) is 5.30. The molecule has 0 aromatic carbocycles. The van der Waals surface area contributed by atoms with Crippen molar-refractivity contribution in [3.05, 3.63) is 0 Å². The Labute approximate surface area is 116 Å². The predicted molar refractivity (Wildman–Crippen MR) is 80.1 cm³/mol. The third-order valence-electron chi connectivity index (χ3n) is 3.66. The summed E-state index contributed by atoms with van der Waals surface area (Å²) in [6, 6.07) is 0.813. The molecule has 1 amide bonds. The molecule has 1 fully saturated rings. The molecular weight excluding hydrogens is 244 g/mol. The van der Waals surface area contributed by atoms with Crippen molar-refractivity contribution in [2.75, 3.05) is 12.8 Å². The molecule has 18 heavy (non-hydrogen) atoms. The van der Waals surface area contributed by atoms with E-state index in [1.165, 1.54) is 25.7 Å². The third-order valence-corrected chi connectivity index (χ3v) is 4.83.